The van der Waals surface area contributed by atoms with E-state index in [1.165, 1.54) is 0 Å². The van der Waals surface area contributed by atoms with Crippen LogP contribution < -0.4 is 4.74 Å². The first-order valence-electron chi connectivity index (χ1n) is 8.13. The second kappa shape index (κ2) is 8.13. The number of esters is 1. The summed E-state index contributed by atoms with van der Waals surface area (Å²) in [6, 6.07) is 1.99. The van der Waals surface area contributed by atoms with E-state index in [4.69, 9.17) is 9.47 Å². The number of unbranched alkanes of at least 4 members (excludes halogenated alkanes) is 1. The fourth-order valence-electron chi connectivity index (χ4n) is 2.79. The molecule has 122 valence electrons. The van der Waals surface area contributed by atoms with Gasteiger partial charge in [-0.2, -0.15) is 0 Å². The number of aromatic nitrogens is 1. The molecule has 0 radical (unpaired) electrons. The van der Waals surface area contributed by atoms with Crippen molar-refractivity contribution in [2.75, 3.05) is 13.2 Å². The minimum atomic E-state index is -1.14. The summed E-state index contributed by atoms with van der Waals surface area (Å²) in [5.74, 6) is -0.0867. The Bertz CT molecular complexity index is 503. The van der Waals surface area contributed by atoms with Crippen LogP contribution in [0.2, 0.25) is 0 Å². The molecule has 0 spiro atoms. The molecule has 0 saturated heterocycles. The van der Waals surface area contributed by atoms with E-state index in [1.807, 2.05) is 6.07 Å². The lowest BCUT2D eigenvalue weighted by molar-refractivity contribution is -0.154. The molecule has 1 N–H and O–H groups in total. The maximum absolute atomic E-state index is 11.8. The molecule has 1 aliphatic carbocycles. The van der Waals surface area contributed by atoms with Crippen molar-refractivity contribution in [1.29, 1.82) is 0 Å². The standard InChI is InChI=1S/C17H25NO4/c1-3-5-9-22-13-10-12-7-6-8-14(15(12)18-11-13)16(19)17(20)21-4-2/h10-11,14,16,19H,3-9H2,1-2H3/t14-,16?/m1/s1. The number of carbonyl (C=O) groups excluding carboxylic acids is 1. The second-order valence-corrected chi connectivity index (χ2v) is 5.61. The summed E-state index contributed by atoms with van der Waals surface area (Å²) in [4.78, 5) is 16.2. The van der Waals surface area contributed by atoms with E-state index in [1.54, 1.807) is 13.1 Å². The van der Waals surface area contributed by atoms with Gasteiger partial charge in [-0.25, -0.2) is 4.79 Å². The van der Waals surface area contributed by atoms with Crippen LogP contribution in [0.25, 0.3) is 0 Å². The van der Waals surface area contributed by atoms with Crippen molar-refractivity contribution < 1.29 is 19.4 Å². The zero-order valence-electron chi connectivity index (χ0n) is 13.4. The minimum absolute atomic E-state index is 0.271. The molecule has 5 heteroatoms. The number of hydrogen-bond acceptors (Lipinski definition) is 5. The number of aryl methyl sites for hydroxylation is 1. The number of carbonyl (C=O) groups is 1. The van der Waals surface area contributed by atoms with Gasteiger partial charge in [-0.15, -0.1) is 0 Å². The molecule has 1 heterocycles. The first-order chi connectivity index (χ1) is 10.7. The van der Waals surface area contributed by atoms with Crippen LogP contribution in [0.15, 0.2) is 12.3 Å². The zero-order chi connectivity index (χ0) is 15.9. The molecule has 0 aromatic carbocycles. The lowest BCUT2D eigenvalue weighted by Gasteiger charge is -2.27. The van der Waals surface area contributed by atoms with E-state index in [-0.39, 0.29) is 12.5 Å². The molecule has 1 aromatic rings. The van der Waals surface area contributed by atoms with Crippen molar-refractivity contribution in [3.63, 3.8) is 0 Å². The van der Waals surface area contributed by atoms with Crippen LogP contribution in [-0.4, -0.2) is 35.4 Å². The highest BCUT2D eigenvalue weighted by Gasteiger charge is 2.33. The molecule has 0 bridgehead atoms. The molecule has 0 fully saturated rings. The number of nitrogens with zero attached hydrogens (tertiary/aromatic N) is 1. The Hall–Kier alpha value is -1.62. The predicted molar refractivity (Wildman–Crippen MR) is 83.0 cm³/mol. The van der Waals surface area contributed by atoms with Gasteiger partial charge in [0.25, 0.3) is 0 Å². The van der Waals surface area contributed by atoms with Crippen molar-refractivity contribution in [3.05, 3.63) is 23.5 Å². The Kier molecular flexibility index (Phi) is 6.19. The van der Waals surface area contributed by atoms with E-state index in [2.05, 4.69) is 11.9 Å². The molecule has 1 unspecified atom stereocenters. The summed E-state index contributed by atoms with van der Waals surface area (Å²) in [5, 5.41) is 10.2. The molecular formula is C17H25NO4. The number of ether oxygens (including phenoxy) is 2. The average molecular weight is 307 g/mol. The fourth-order valence-corrected chi connectivity index (χ4v) is 2.79. The van der Waals surface area contributed by atoms with Crippen LogP contribution in [0, 0.1) is 0 Å². The highest BCUT2D eigenvalue weighted by atomic mass is 16.5. The van der Waals surface area contributed by atoms with E-state index in [0.717, 1.165) is 49.1 Å². The molecule has 0 aliphatic heterocycles. The number of hydrogen-bond donors (Lipinski definition) is 1. The third-order valence-corrected chi connectivity index (χ3v) is 3.96. The quantitative estimate of drug-likeness (QED) is 0.619. The van der Waals surface area contributed by atoms with E-state index < -0.39 is 12.1 Å². The summed E-state index contributed by atoms with van der Waals surface area (Å²) in [5.41, 5.74) is 1.86. The monoisotopic (exact) mass is 307 g/mol. The second-order valence-electron chi connectivity index (χ2n) is 5.61. The molecule has 5 nitrogen and oxygen atoms in total. The van der Waals surface area contributed by atoms with Crippen LogP contribution >= 0.6 is 0 Å². The Morgan fingerprint density at radius 1 is 1.50 bits per heavy atom. The molecule has 22 heavy (non-hydrogen) atoms. The Morgan fingerprint density at radius 3 is 3.05 bits per heavy atom. The Morgan fingerprint density at radius 2 is 2.32 bits per heavy atom. The predicted octanol–water partition coefficient (Wildman–Crippen LogP) is 2.60. The molecule has 1 aliphatic rings. The summed E-state index contributed by atoms with van der Waals surface area (Å²) in [6.45, 7) is 4.81. The first-order valence-corrected chi connectivity index (χ1v) is 8.13. The van der Waals surface area contributed by atoms with Gasteiger partial charge in [0.05, 0.1) is 25.1 Å². The normalized spacial score (nSPS) is 18.4. The highest BCUT2D eigenvalue weighted by molar-refractivity contribution is 5.75. The van der Waals surface area contributed by atoms with Crippen molar-refractivity contribution in [2.45, 2.75) is 58.0 Å². The van der Waals surface area contributed by atoms with Gasteiger partial charge in [0, 0.05) is 5.92 Å². The van der Waals surface area contributed by atoms with Crippen molar-refractivity contribution >= 4 is 5.97 Å². The van der Waals surface area contributed by atoms with Gasteiger partial charge in [-0.1, -0.05) is 13.3 Å². The average Bonchev–Trinajstić information content (AvgIpc) is 2.54. The van der Waals surface area contributed by atoms with Crippen molar-refractivity contribution in [2.24, 2.45) is 0 Å². The molecule has 2 atom stereocenters. The van der Waals surface area contributed by atoms with E-state index in [0.29, 0.717) is 6.61 Å². The Balaban J connectivity index is 2.11. The number of pyridine rings is 1. The maximum Gasteiger partial charge on any atom is 0.335 e. The van der Waals surface area contributed by atoms with Gasteiger partial charge in [0.1, 0.15) is 5.75 Å². The van der Waals surface area contributed by atoms with Crippen LogP contribution in [0.1, 0.15) is 56.7 Å². The number of rotatable bonds is 7. The van der Waals surface area contributed by atoms with Crippen molar-refractivity contribution in [1.82, 2.24) is 4.98 Å². The van der Waals surface area contributed by atoms with Gasteiger partial charge in [-0.3, -0.25) is 4.98 Å². The third kappa shape index (κ3) is 3.97. The third-order valence-electron chi connectivity index (χ3n) is 3.96. The van der Waals surface area contributed by atoms with Gasteiger partial charge in [0.2, 0.25) is 0 Å². The van der Waals surface area contributed by atoms with Gasteiger partial charge < -0.3 is 14.6 Å². The molecule has 1 aromatic heterocycles. The lowest BCUT2D eigenvalue weighted by Crippen LogP contribution is -2.32. The van der Waals surface area contributed by atoms with Gasteiger partial charge in [0.15, 0.2) is 6.10 Å². The van der Waals surface area contributed by atoms with Gasteiger partial charge in [-0.05, 0) is 44.2 Å². The number of aliphatic hydroxyl groups excluding tert-OH is 1. The molecule has 0 amide bonds. The zero-order valence-corrected chi connectivity index (χ0v) is 13.4. The number of fused-ring (bicyclic) bond motifs is 1. The van der Waals surface area contributed by atoms with Crippen LogP contribution in [-0.2, 0) is 16.0 Å². The highest BCUT2D eigenvalue weighted by Crippen LogP contribution is 2.34. The van der Waals surface area contributed by atoms with Crippen LogP contribution in [0.5, 0.6) is 5.75 Å². The lowest BCUT2D eigenvalue weighted by atomic mass is 9.83. The summed E-state index contributed by atoms with van der Waals surface area (Å²) >= 11 is 0. The largest absolute Gasteiger partial charge is 0.492 e. The molecule has 0 saturated carbocycles. The van der Waals surface area contributed by atoms with Crippen LogP contribution in [0.3, 0.4) is 0 Å². The van der Waals surface area contributed by atoms with Gasteiger partial charge >= 0.3 is 5.97 Å². The smallest absolute Gasteiger partial charge is 0.335 e. The summed E-state index contributed by atoms with van der Waals surface area (Å²) in [6.07, 6.45) is 5.22. The van der Waals surface area contributed by atoms with Crippen LogP contribution in [0.4, 0.5) is 0 Å². The fraction of sp³-hybridized carbons (Fsp3) is 0.647. The summed E-state index contributed by atoms with van der Waals surface area (Å²) < 4.78 is 10.6. The first kappa shape index (κ1) is 16.7. The van der Waals surface area contributed by atoms with E-state index >= 15 is 0 Å². The molecule has 2 rings (SSSR count). The van der Waals surface area contributed by atoms with E-state index in [9.17, 15) is 9.90 Å². The summed E-state index contributed by atoms with van der Waals surface area (Å²) in [7, 11) is 0. The Labute approximate surface area is 131 Å². The SMILES string of the molecule is CCCCOc1cnc2c(c1)CCC[C@H]2C(O)C(=O)OCC. The minimum Gasteiger partial charge on any atom is -0.492 e. The maximum atomic E-state index is 11.8. The topological polar surface area (TPSA) is 68.7 Å². The van der Waals surface area contributed by atoms with Crippen molar-refractivity contribution in [3.8, 4) is 5.75 Å². The number of aliphatic hydroxyl groups is 1. The molecular weight excluding hydrogens is 282 g/mol.